The van der Waals surface area contributed by atoms with Crippen LogP contribution in [0, 0.1) is 0 Å². The van der Waals surface area contributed by atoms with Crippen molar-refractivity contribution in [2.24, 2.45) is 10.7 Å². The number of rotatable bonds is 7. The number of nitrogens with two attached hydrogens (primary N) is 1. The Morgan fingerprint density at radius 3 is 2.63 bits per heavy atom. The summed E-state index contributed by atoms with van der Waals surface area (Å²) in [5, 5.41) is 6.35. The maximum Gasteiger partial charge on any atom is 0.193 e. The van der Waals surface area contributed by atoms with E-state index < -0.39 is 0 Å². The van der Waals surface area contributed by atoms with E-state index in [-0.39, 0.29) is 24.0 Å². The fourth-order valence-electron chi connectivity index (χ4n) is 2.65. The van der Waals surface area contributed by atoms with Gasteiger partial charge in [-0.15, -0.1) is 35.3 Å². The summed E-state index contributed by atoms with van der Waals surface area (Å²) in [5.41, 5.74) is 10.5. The third-order valence-corrected chi connectivity index (χ3v) is 5.05. The van der Waals surface area contributed by atoms with Gasteiger partial charge in [0.25, 0.3) is 0 Å². The van der Waals surface area contributed by atoms with Crippen molar-refractivity contribution in [3.05, 3.63) is 81.8 Å². The molecule has 0 radical (unpaired) electrons. The number of benzene rings is 2. The largest absolute Gasteiger partial charge is 0.370 e. The summed E-state index contributed by atoms with van der Waals surface area (Å²) in [6, 6.07) is 18.7. The highest BCUT2D eigenvalue weighted by Crippen LogP contribution is 2.14. The summed E-state index contributed by atoms with van der Waals surface area (Å²) in [7, 11) is 0. The number of guanidine groups is 1. The Bertz CT molecular complexity index is 861. The molecule has 0 saturated heterocycles. The number of aromatic nitrogens is 1. The molecule has 27 heavy (non-hydrogen) atoms. The lowest BCUT2D eigenvalue weighted by Gasteiger charge is -2.06. The molecule has 0 fully saturated rings. The van der Waals surface area contributed by atoms with Gasteiger partial charge >= 0.3 is 0 Å². The first-order valence-electron chi connectivity index (χ1n) is 8.86. The molecule has 1 heterocycles. The third-order valence-electron chi connectivity index (χ3n) is 4.09. The highest BCUT2D eigenvalue weighted by Gasteiger charge is 2.03. The van der Waals surface area contributed by atoms with Crippen LogP contribution >= 0.6 is 35.3 Å². The fourth-order valence-corrected chi connectivity index (χ4v) is 3.44. The molecule has 4 nitrogen and oxygen atoms in total. The smallest absolute Gasteiger partial charge is 0.193 e. The van der Waals surface area contributed by atoms with Crippen LogP contribution in [0.5, 0.6) is 0 Å². The SMILES string of the molecule is CCc1cccc(NC(N)=NCc2csc(CCc3ccccc3)n2)c1.I. The quantitative estimate of drug-likeness (QED) is 0.276. The molecular weight excluding hydrogens is 467 g/mol. The second-order valence-corrected chi connectivity index (χ2v) is 7.04. The molecule has 1 aromatic heterocycles. The van der Waals surface area contributed by atoms with Gasteiger partial charge in [0.1, 0.15) is 0 Å². The molecule has 0 atom stereocenters. The van der Waals surface area contributed by atoms with Crippen LogP contribution in [0.4, 0.5) is 5.69 Å². The van der Waals surface area contributed by atoms with Crippen LogP contribution in [0.15, 0.2) is 65.0 Å². The Morgan fingerprint density at radius 1 is 1.07 bits per heavy atom. The van der Waals surface area contributed by atoms with E-state index in [1.54, 1.807) is 11.3 Å². The zero-order valence-electron chi connectivity index (χ0n) is 15.4. The summed E-state index contributed by atoms with van der Waals surface area (Å²) in [6.07, 6.45) is 2.96. The van der Waals surface area contributed by atoms with E-state index in [4.69, 9.17) is 5.73 Å². The van der Waals surface area contributed by atoms with Gasteiger partial charge in [0.2, 0.25) is 0 Å². The van der Waals surface area contributed by atoms with Crippen molar-refractivity contribution in [3.8, 4) is 0 Å². The first-order chi connectivity index (χ1) is 12.7. The minimum atomic E-state index is 0. The summed E-state index contributed by atoms with van der Waals surface area (Å²) in [4.78, 5) is 9.06. The number of aryl methyl sites for hydroxylation is 3. The molecular formula is C21H25IN4S. The highest BCUT2D eigenvalue weighted by atomic mass is 127. The van der Waals surface area contributed by atoms with Crippen LogP contribution in [0.1, 0.15) is 28.8 Å². The van der Waals surface area contributed by atoms with Crippen molar-refractivity contribution in [3.63, 3.8) is 0 Å². The van der Waals surface area contributed by atoms with E-state index >= 15 is 0 Å². The van der Waals surface area contributed by atoms with Gasteiger partial charge in [-0.2, -0.15) is 0 Å². The van der Waals surface area contributed by atoms with Crippen molar-refractivity contribution in [2.75, 3.05) is 5.32 Å². The van der Waals surface area contributed by atoms with Gasteiger partial charge in [0.05, 0.1) is 17.2 Å². The van der Waals surface area contributed by atoms with Gasteiger partial charge in [-0.1, -0.05) is 49.4 Å². The summed E-state index contributed by atoms with van der Waals surface area (Å²) < 4.78 is 0. The molecule has 3 N–H and O–H groups in total. The number of nitrogens with zero attached hydrogens (tertiary/aromatic N) is 2. The average Bonchev–Trinajstić information content (AvgIpc) is 3.14. The van der Waals surface area contributed by atoms with Crippen LogP contribution in [-0.4, -0.2) is 10.9 Å². The minimum absolute atomic E-state index is 0. The van der Waals surface area contributed by atoms with Crippen LogP contribution in [-0.2, 0) is 25.8 Å². The van der Waals surface area contributed by atoms with Gasteiger partial charge in [0, 0.05) is 17.5 Å². The Kier molecular flexibility index (Phi) is 8.74. The van der Waals surface area contributed by atoms with Crippen molar-refractivity contribution in [2.45, 2.75) is 32.7 Å². The Balaban J connectivity index is 0.00000261. The highest BCUT2D eigenvalue weighted by molar-refractivity contribution is 14.0. The standard InChI is InChI=1S/C21H24N4S.HI/c1-2-16-9-6-10-18(13-16)25-21(22)23-14-19-15-26-20(24-19)12-11-17-7-4-3-5-8-17;/h3-10,13,15H,2,11-12,14H2,1H3,(H3,22,23,25);1H. The Labute approximate surface area is 182 Å². The number of anilines is 1. The molecule has 0 spiro atoms. The molecule has 0 unspecified atom stereocenters. The predicted molar refractivity (Wildman–Crippen MR) is 126 cm³/mol. The number of nitrogens with one attached hydrogen (secondary N) is 1. The maximum atomic E-state index is 6.00. The lowest BCUT2D eigenvalue weighted by Crippen LogP contribution is -2.22. The molecule has 0 aliphatic carbocycles. The van der Waals surface area contributed by atoms with E-state index in [0.29, 0.717) is 12.5 Å². The second-order valence-electron chi connectivity index (χ2n) is 6.10. The average molecular weight is 492 g/mol. The number of halogens is 1. The van der Waals surface area contributed by atoms with Crippen molar-refractivity contribution in [1.29, 1.82) is 0 Å². The molecule has 0 saturated carbocycles. The molecule has 0 amide bonds. The van der Waals surface area contributed by atoms with E-state index in [1.165, 1.54) is 11.1 Å². The van der Waals surface area contributed by atoms with E-state index in [0.717, 1.165) is 35.7 Å². The van der Waals surface area contributed by atoms with Crippen LogP contribution in [0.2, 0.25) is 0 Å². The third kappa shape index (κ3) is 6.95. The molecule has 0 bridgehead atoms. The first-order valence-corrected chi connectivity index (χ1v) is 9.74. The molecule has 2 aromatic carbocycles. The monoisotopic (exact) mass is 492 g/mol. The number of aliphatic imine (C=N–C) groups is 1. The van der Waals surface area contributed by atoms with Gasteiger partial charge in [-0.05, 0) is 36.1 Å². The van der Waals surface area contributed by atoms with Crippen molar-refractivity contribution < 1.29 is 0 Å². The zero-order valence-corrected chi connectivity index (χ0v) is 18.5. The van der Waals surface area contributed by atoms with E-state index in [2.05, 4.69) is 64.0 Å². The van der Waals surface area contributed by atoms with Crippen LogP contribution in [0.25, 0.3) is 0 Å². The van der Waals surface area contributed by atoms with E-state index in [1.807, 2.05) is 18.2 Å². The topological polar surface area (TPSA) is 63.3 Å². The summed E-state index contributed by atoms with van der Waals surface area (Å²) >= 11 is 1.69. The predicted octanol–water partition coefficient (Wildman–Crippen LogP) is 5.04. The van der Waals surface area contributed by atoms with Crippen LogP contribution < -0.4 is 11.1 Å². The molecule has 0 aliphatic rings. The minimum Gasteiger partial charge on any atom is -0.370 e. The maximum absolute atomic E-state index is 6.00. The normalized spacial score (nSPS) is 11.1. The number of thiazole rings is 1. The van der Waals surface area contributed by atoms with E-state index in [9.17, 15) is 0 Å². The Hall–Kier alpha value is -1.93. The summed E-state index contributed by atoms with van der Waals surface area (Å²) in [5.74, 6) is 0.414. The second kappa shape index (κ2) is 11.0. The fraction of sp³-hybridized carbons (Fsp3) is 0.238. The molecule has 3 aromatic rings. The number of hydrogen-bond acceptors (Lipinski definition) is 3. The molecule has 6 heteroatoms. The number of hydrogen-bond donors (Lipinski definition) is 2. The molecule has 0 aliphatic heterocycles. The molecule has 3 rings (SSSR count). The van der Waals surface area contributed by atoms with Gasteiger partial charge < -0.3 is 11.1 Å². The Morgan fingerprint density at radius 2 is 1.85 bits per heavy atom. The summed E-state index contributed by atoms with van der Waals surface area (Å²) in [6.45, 7) is 2.63. The van der Waals surface area contributed by atoms with Crippen molar-refractivity contribution in [1.82, 2.24) is 4.98 Å². The lowest BCUT2D eigenvalue weighted by molar-refractivity contribution is 0.913. The van der Waals surface area contributed by atoms with Crippen LogP contribution in [0.3, 0.4) is 0 Å². The van der Waals surface area contributed by atoms with Crippen molar-refractivity contribution >= 4 is 47.0 Å². The van der Waals surface area contributed by atoms with Gasteiger partial charge in [-0.3, -0.25) is 0 Å². The molecule has 142 valence electrons. The first kappa shape index (κ1) is 21.4. The van der Waals surface area contributed by atoms with Gasteiger partial charge in [0.15, 0.2) is 5.96 Å². The zero-order chi connectivity index (χ0) is 18.2. The van der Waals surface area contributed by atoms with Gasteiger partial charge in [-0.25, -0.2) is 9.98 Å². The lowest BCUT2D eigenvalue weighted by atomic mass is 10.1.